The second-order valence-electron chi connectivity index (χ2n) is 6.39. The SMILES string of the molecule is Cc1cccc(C(C)C)c1NS(=O)(=O)C[C@@H](C)c1ccccc1. The van der Waals surface area contributed by atoms with Crippen LogP contribution in [0.15, 0.2) is 48.5 Å². The van der Waals surface area contributed by atoms with Gasteiger partial charge in [0, 0.05) is 0 Å². The highest BCUT2D eigenvalue weighted by Crippen LogP contribution is 2.29. The van der Waals surface area contributed by atoms with Gasteiger partial charge >= 0.3 is 0 Å². The molecule has 3 nitrogen and oxygen atoms in total. The van der Waals surface area contributed by atoms with Gasteiger partial charge in [0.05, 0.1) is 11.4 Å². The van der Waals surface area contributed by atoms with Crippen molar-refractivity contribution in [3.05, 3.63) is 65.2 Å². The summed E-state index contributed by atoms with van der Waals surface area (Å²) in [7, 11) is -3.41. The van der Waals surface area contributed by atoms with Crippen molar-refractivity contribution in [2.75, 3.05) is 10.5 Å². The summed E-state index contributed by atoms with van der Waals surface area (Å²) in [6.45, 7) is 8.01. The van der Waals surface area contributed by atoms with Crippen molar-refractivity contribution < 1.29 is 8.42 Å². The molecule has 0 fully saturated rings. The smallest absolute Gasteiger partial charge is 0.233 e. The Balaban J connectivity index is 2.22. The molecule has 0 saturated heterocycles. The van der Waals surface area contributed by atoms with Crippen LogP contribution in [-0.2, 0) is 10.0 Å². The second-order valence-corrected chi connectivity index (χ2v) is 8.16. The summed E-state index contributed by atoms with van der Waals surface area (Å²) in [5.41, 5.74) is 3.74. The average molecular weight is 331 g/mol. The van der Waals surface area contributed by atoms with Gasteiger partial charge in [-0.15, -0.1) is 0 Å². The number of benzene rings is 2. The highest BCUT2D eigenvalue weighted by Gasteiger charge is 2.20. The fourth-order valence-electron chi connectivity index (χ4n) is 2.72. The Bertz CT molecular complexity index is 752. The maximum absolute atomic E-state index is 12.6. The molecule has 1 N–H and O–H groups in total. The third-order valence-corrected chi connectivity index (χ3v) is 5.48. The van der Waals surface area contributed by atoms with Crippen LogP contribution in [0.3, 0.4) is 0 Å². The fourth-order valence-corrected chi connectivity index (χ4v) is 4.24. The molecule has 2 rings (SSSR count). The molecule has 0 aliphatic heterocycles. The maximum atomic E-state index is 12.6. The number of nitrogens with one attached hydrogen (secondary N) is 1. The number of hydrogen-bond donors (Lipinski definition) is 1. The van der Waals surface area contributed by atoms with Crippen LogP contribution < -0.4 is 4.72 Å². The van der Waals surface area contributed by atoms with Gasteiger partial charge in [-0.25, -0.2) is 8.42 Å². The minimum absolute atomic E-state index is 0.0554. The second kappa shape index (κ2) is 7.18. The molecule has 2 aromatic rings. The third kappa shape index (κ3) is 4.58. The van der Waals surface area contributed by atoms with Crippen molar-refractivity contribution in [3.8, 4) is 0 Å². The van der Waals surface area contributed by atoms with Crippen molar-refractivity contribution in [3.63, 3.8) is 0 Å². The number of rotatable bonds is 6. The van der Waals surface area contributed by atoms with E-state index in [2.05, 4.69) is 18.6 Å². The summed E-state index contributed by atoms with van der Waals surface area (Å²) in [5.74, 6) is 0.280. The molecule has 0 aliphatic rings. The van der Waals surface area contributed by atoms with E-state index in [-0.39, 0.29) is 17.6 Å². The molecule has 0 heterocycles. The van der Waals surface area contributed by atoms with E-state index in [9.17, 15) is 8.42 Å². The molecular formula is C19H25NO2S. The van der Waals surface area contributed by atoms with Gasteiger partial charge in [0.15, 0.2) is 0 Å². The van der Waals surface area contributed by atoms with Crippen molar-refractivity contribution in [2.45, 2.75) is 39.5 Å². The van der Waals surface area contributed by atoms with Crippen LogP contribution in [0.1, 0.15) is 49.3 Å². The van der Waals surface area contributed by atoms with Gasteiger partial charge in [-0.1, -0.05) is 69.3 Å². The van der Waals surface area contributed by atoms with Gasteiger partial charge in [0.2, 0.25) is 10.0 Å². The predicted molar refractivity (Wildman–Crippen MR) is 97.5 cm³/mol. The van der Waals surface area contributed by atoms with E-state index in [1.165, 1.54) is 0 Å². The number of para-hydroxylation sites is 1. The Hall–Kier alpha value is -1.81. The molecule has 0 spiro atoms. The van der Waals surface area contributed by atoms with Crippen molar-refractivity contribution in [1.29, 1.82) is 0 Å². The minimum Gasteiger partial charge on any atom is -0.283 e. The molecule has 23 heavy (non-hydrogen) atoms. The Kier molecular flexibility index (Phi) is 5.47. The number of sulfonamides is 1. The summed E-state index contributed by atoms with van der Waals surface area (Å²) in [4.78, 5) is 0. The number of anilines is 1. The molecule has 0 saturated carbocycles. The monoisotopic (exact) mass is 331 g/mol. The molecule has 0 aromatic heterocycles. The Morgan fingerprint density at radius 1 is 0.957 bits per heavy atom. The first-order valence-corrected chi connectivity index (χ1v) is 9.60. The quantitative estimate of drug-likeness (QED) is 0.836. The lowest BCUT2D eigenvalue weighted by atomic mass is 9.99. The van der Waals surface area contributed by atoms with Gasteiger partial charge in [-0.3, -0.25) is 4.72 Å². The minimum atomic E-state index is -3.41. The number of hydrogen-bond acceptors (Lipinski definition) is 2. The zero-order valence-corrected chi connectivity index (χ0v) is 15.0. The zero-order chi connectivity index (χ0) is 17.0. The molecule has 0 bridgehead atoms. The van der Waals surface area contributed by atoms with Gasteiger partial charge in [0.25, 0.3) is 0 Å². The normalized spacial score (nSPS) is 13.1. The van der Waals surface area contributed by atoms with E-state index >= 15 is 0 Å². The Morgan fingerprint density at radius 3 is 2.22 bits per heavy atom. The topological polar surface area (TPSA) is 46.2 Å². The van der Waals surface area contributed by atoms with E-state index in [1.54, 1.807) is 0 Å². The average Bonchev–Trinajstić information content (AvgIpc) is 2.49. The largest absolute Gasteiger partial charge is 0.283 e. The van der Waals surface area contributed by atoms with Gasteiger partial charge in [-0.2, -0.15) is 0 Å². The summed E-state index contributed by atoms with van der Waals surface area (Å²) < 4.78 is 28.0. The first kappa shape index (κ1) is 17.5. The van der Waals surface area contributed by atoms with Crippen LogP contribution >= 0.6 is 0 Å². The van der Waals surface area contributed by atoms with Crippen LogP contribution in [0.25, 0.3) is 0 Å². The molecule has 124 valence electrons. The van der Waals surface area contributed by atoms with Crippen LogP contribution in [0.4, 0.5) is 5.69 Å². The fraction of sp³-hybridized carbons (Fsp3) is 0.368. The van der Waals surface area contributed by atoms with E-state index in [0.717, 1.165) is 22.4 Å². The maximum Gasteiger partial charge on any atom is 0.233 e. The van der Waals surface area contributed by atoms with Gasteiger partial charge < -0.3 is 0 Å². The third-order valence-electron chi connectivity index (χ3n) is 4.02. The summed E-state index contributed by atoms with van der Waals surface area (Å²) >= 11 is 0. The first-order chi connectivity index (χ1) is 10.8. The lowest BCUT2D eigenvalue weighted by Crippen LogP contribution is -2.22. The van der Waals surface area contributed by atoms with Gasteiger partial charge in [-0.05, 0) is 35.4 Å². The van der Waals surface area contributed by atoms with Gasteiger partial charge in [0.1, 0.15) is 0 Å². The predicted octanol–water partition coefficient (Wildman–Crippen LogP) is 4.66. The zero-order valence-electron chi connectivity index (χ0n) is 14.2. The molecule has 2 aromatic carbocycles. The summed E-state index contributed by atoms with van der Waals surface area (Å²) in [6, 6.07) is 15.6. The molecule has 0 unspecified atom stereocenters. The highest BCUT2D eigenvalue weighted by atomic mass is 32.2. The molecule has 4 heteroatoms. The lowest BCUT2D eigenvalue weighted by molar-refractivity contribution is 0.595. The summed E-state index contributed by atoms with van der Waals surface area (Å²) in [5, 5.41) is 0. The standard InChI is InChI=1S/C19H25NO2S/c1-14(2)18-12-8-9-15(3)19(18)20-23(21,22)13-16(4)17-10-6-5-7-11-17/h5-12,14,16,20H,13H2,1-4H3/t16-/m1/s1. The van der Waals surface area contributed by atoms with Crippen LogP contribution in [0.2, 0.25) is 0 Å². The van der Waals surface area contributed by atoms with Crippen LogP contribution in [0.5, 0.6) is 0 Å². The Labute approximate surface area is 139 Å². The van der Waals surface area contributed by atoms with E-state index < -0.39 is 10.0 Å². The van der Waals surface area contributed by atoms with Crippen molar-refractivity contribution in [2.24, 2.45) is 0 Å². The van der Waals surface area contributed by atoms with Crippen molar-refractivity contribution >= 4 is 15.7 Å². The molecule has 1 atom stereocenters. The summed E-state index contributed by atoms with van der Waals surface area (Å²) in [6.07, 6.45) is 0. The van der Waals surface area contributed by atoms with Crippen LogP contribution in [-0.4, -0.2) is 14.2 Å². The number of aryl methyl sites for hydroxylation is 1. The Morgan fingerprint density at radius 2 is 1.61 bits per heavy atom. The molecular weight excluding hydrogens is 306 g/mol. The lowest BCUT2D eigenvalue weighted by Gasteiger charge is -2.19. The molecule has 0 aliphatic carbocycles. The van der Waals surface area contributed by atoms with Crippen molar-refractivity contribution in [1.82, 2.24) is 0 Å². The highest BCUT2D eigenvalue weighted by molar-refractivity contribution is 7.92. The first-order valence-electron chi connectivity index (χ1n) is 7.95. The van der Waals surface area contributed by atoms with Crippen LogP contribution in [0, 0.1) is 6.92 Å². The molecule has 0 radical (unpaired) electrons. The molecule has 0 amide bonds. The van der Waals surface area contributed by atoms with E-state index in [1.807, 2.05) is 62.4 Å². The van der Waals surface area contributed by atoms with E-state index in [0.29, 0.717) is 0 Å². The van der Waals surface area contributed by atoms with E-state index in [4.69, 9.17) is 0 Å².